The molecular weight excluding hydrogens is 599 g/mol. The van der Waals surface area contributed by atoms with Gasteiger partial charge in [-0.25, -0.2) is 4.79 Å². The Labute approximate surface area is 239 Å². The molecular formula is C26H25F9N6O2. The molecule has 0 spiro atoms. The molecule has 0 bridgehead atoms. The summed E-state index contributed by atoms with van der Waals surface area (Å²) in [7, 11) is 1.36. The van der Waals surface area contributed by atoms with Crippen LogP contribution in [-0.2, 0) is 36.9 Å². The number of benzene rings is 2. The smallest absolute Gasteiger partial charge is 0.416 e. The predicted molar refractivity (Wildman–Crippen MR) is 134 cm³/mol. The third-order valence-corrected chi connectivity index (χ3v) is 6.90. The van der Waals surface area contributed by atoms with Gasteiger partial charge in [0.1, 0.15) is 0 Å². The number of amides is 1. The van der Waals surface area contributed by atoms with Crippen molar-refractivity contribution in [3.8, 4) is 0 Å². The summed E-state index contributed by atoms with van der Waals surface area (Å²) >= 11 is 0. The normalized spacial score (nSPS) is 17.5. The topological polar surface area (TPSA) is 76.4 Å². The SMILES string of the molecule is CCOC(=O)N1c2ccc(C(F)(F)F)cc2[C@@H](N(Cc2cc(C(F)(F)F)cc(C(F)(F)F)c2)c2nnn(C)n2)C[C@H]1CC. The second-order valence-corrected chi connectivity index (χ2v) is 9.77. The number of halogens is 9. The molecule has 234 valence electrons. The fourth-order valence-corrected chi connectivity index (χ4v) is 5.01. The van der Waals surface area contributed by atoms with E-state index >= 15 is 0 Å². The van der Waals surface area contributed by atoms with Crippen molar-refractivity contribution in [2.75, 3.05) is 16.4 Å². The largest absolute Gasteiger partial charge is 0.449 e. The number of hydrogen-bond donors (Lipinski definition) is 0. The zero-order valence-electron chi connectivity index (χ0n) is 22.8. The molecule has 2 heterocycles. The molecule has 1 amide bonds. The van der Waals surface area contributed by atoms with Crippen LogP contribution >= 0.6 is 0 Å². The molecule has 0 radical (unpaired) electrons. The number of aromatic nitrogens is 4. The highest BCUT2D eigenvalue weighted by Crippen LogP contribution is 2.46. The Kier molecular flexibility index (Phi) is 8.57. The minimum Gasteiger partial charge on any atom is -0.449 e. The molecule has 8 nitrogen and oxygen atoms in total. The van der Waals surface area contributed by atoms with E-state index in [9.17, 15) is 44.3 Å². The Bertz CT molecular complexity index is 1440. The summed E-state index contributed by atoms with van der Waals surface area (Å²) < 4.78 is 128. The van der Waals surface area contributed by atoms with Crippen LogP contribution in [0.5, 0.6) is 0 Å². The average molecular weight is 625 g/mol. The minimum atomic E-state index is -5.13. The van der Waals surface area contributed by atoms with Gasteiger partial charge in [0.2, 0.25) is 0 Å². The van der Waals surface area contributed by atoms with E-state index in [-0.39, 0.29) is 42.7 Å². The minimum absolute atomic E-state index is 0.0235. The first-order chi connectivity index (χ1) is 19.9. The maximum atomic E-state index is 13.8. The van der Waals surface area contributed by atoms with Crippen molar-refractivity contribution in [1.29, 1.82) is 0 Å². The number of carbonyl (C=O) groups is 1. The van der Waals surface area contributed by atoms with Gasteiger partial charge in [0.05, 0.1) is 42.1 Å². The summed E-state index contributed by atoms with van der Waals surface area (Å²) in [6.07, 6.45) is -15.7. The molecule has 0 saturated carbocycles. The van der Waals surface area contributed by atoms with E-state index < -0.39 is 65.5 Å². The van der Waals surface area contributed by atoms with Gasteiger partial charge < -0.3 is 9.64 Å². The zero-order chi connectivity index (χ0) is 31.9. The van der Waals surface area contributed by atoms with Crippen molar-refractivity contribution >= 4 is 17.7 Å². The van der Waals surface area contributed by atoms with Crippen LogP contribution in [0, 0.1) is 0 Å². The van der Waals surface area contributed by atoms with Crippen LogP contribution in [0.15, 0.2) is 36.4 Å². The number of rotatable bonds is 6. The van der Waals surface area contributed by atoms with Crippen LogP contribution < -0.4 is 9.80 Å². The van der Waals surface area contributed by atoms with E-state index in [1.807, 2.05) is 0 Å². The number of alkyl halides is 9. The molecule has 3 aromatic rings. The van der Waals surface area contributed by atoms with Crippen LogP contribution in [0.2, 0.25) is 0 Å². The number of hydrogen-bond acceptors (Lipinski definition) is 6. The molecule has 17 heteroatoms. The lowest BCUT2D eigenvalue weighted by Crippen LogP contribution is -2.48. The van der Waals surface area contributed by atoms with Crippen molar-refractivity contribution in [3.63, 3.8) is 0 Å². The molecule has 4 rings (SSSR count). The van der Waals surface area contributed by atoms with E-state index in [0.717, 1.165) is 23.0 Å². The molecule has 2 aromatic carbocycles. The first kappa shape index (κ1) is 31.9. The van der Waals surface area contributed by atoms with Gasteiger partial charge >= 0.3 is 24.6 Å². The van der Waals surface area contributed by atoms with E-state index in [1.54, 1.807) is 13.8 Å². The monoisotopic (exact) mass is 624 g/mol. The molecule has 43 heavy (non-hydrogen) atoms. The van der Waals surface area contributed by atoms with Gasteiger partial charge in [-0.2, -0.15) is 44.3 Å². The fraction of sp³-hybridized carbons (Fsp3) is 0.462. The van der Waals surface area contributed by atoms with E-state index in [2.05, 4.69) is 15.4 Å². The summed E-state index contributed by atoms with van der Waals surface area (Å²) in [5.74, 6) is -0.263. The second-order valence-electron chi connectivity index (χ2n) is 9.77. The third-order valence-electron chi connectivity index (χ3n) is 6.90. The number of nitrogens with zero attached hydrogens (tertiary/aromatic N) is 6. The van der Waals surface area contributed by atoms with Crippen molar-refractivity contribution in [3.05, 3.63) is 64.2 Å². The highest BCUT2D eigenvalue weighted by atomic mass is 19.4. The van der Waals surface area contributed by atoms with Gasteiger partial charge in [-0.15, -0.1) is 5.10 Å². The Morgan fingerprint density at radius 2 is 1.53 bits per heavy atom. The van der Waals surface area contributed by atoms with Crippen molar-refractivity contribution < 1.29 is 49.0 Å². The Balaban J connectivity index is 1.93. The van der Waals surface area contributed by atoms with Gasteiger partial charge in [-0.3, -0.25) is 4.90 Å². The highest BCUT2D eigenvalue weighted by Gasteiger charge is 2.43. The first-order valence-electron chi connectivity index (χ1n) is 12.9. The maximum Gasteiger partial charge on any atom is 0.416 e. The molecule has 0 unspecified atom stereocenters. The molecule has 0 N–H and O–H groups in total. The highest BCUT2D eigenvalue weighted by molar-refractivity contribution is 5.90. The van der Waals surface area contributed by atoms with Crippen LogP contribution in [-0.4, -0.2) is 38.9 Å². The lowest BCUT2D eigenvalue weighted by atomic mass is 9.87. The third kappa shape index (κ3) is 6.80. The number of ether oxygens (including phenoxy) is 1. The number of fused-ring (bicyclic) bond motifs is 1. The Hall–Kier alpha value is -4.05. The molecule has 1 aromatic heterocycles. The van der Waals surface area contributed by atoms with Gasteiger partial charge in [0.25, 0.3) is 5.95 Å². The molecule has 2 atom stereocenters. The Morgan fingerprint density at radius 3 is 2.02 bits per heavy atom. The van der Waals surface area contributed by atoms with Crippen molar-refractivity contribution in [2.24, 2.45) is 7.05 Å². The fourth-order valence-electron chi connectivity index (χ4n) is 5.01. The second kappa shape index (κ2) is 11.6. The summed E-state index contributed by atoms with van der Waals surface area (Å²) in [4.78, 5) is 16.3. The van der Waals surface area contributed by atoms with Gasteiger partial charge in [-0.05, 0) is 72.5 Å². The number of tetrazole rings is 1. The standard InChI is InChI=1S/C26H25F9N6O2/c1-4-18-12-21(19-11-15(24(27,28)29)6-7-20(19)41(18)23(42)43-5-2)40(22-36-38-39(3)37-22)13-14-8-16(25(30,31)32)10-17(9-14)26(33,34)35/h6-11,18,21H,4-5,12-13H2,1-3H3/t18-,21+/m1/s1. The molecule has 0 saturated heterocycles. The molecule has 0 fully saturated rings. The zero-order valence-corrected chi connectivity index (χ0v) is 22.8. The summed E-state index contributed by atoms with van der Waals surface area (Å²) in [6.45, 7) is 2.55. The summed E-state index contributed by atoms with van der Waals surface area (Å²) in [5, 5.41) is 11.6. The van der Waals surface area contributed by atoms with E-state index in [0.29, 0.717) is 12.1 Å². The maximum absolute atomic E-state index is 13.8. The Morgan fingerprint density at radius 1 is 0.930 bits per heavy atom. The molecule has 1 aliphatic heterocycles. The van der Waals surface area contributed by atoms with E-state index in [4.69, 9.17) is 4.74 Å². The van der Waals surface area contributed by atoms with Crippen molar-refractivity contribution in [1.82, 2.24) is 20.2 Å². The number of anilines is 2. The molecule has 1 aliphatic rings. The number of aryl methyl sites for hydroxylation is 1. The quantitative estimate of drug-likeness (QED) is 0.271. The van der Waals surface area contributed by atoms with Crippen molar-refractivity contribution in [2.45, 2.75) is 63.8 Å². The van der Waals surface area contributed by atoms with Crippen LogP contribution in [0.4, 0.5) is 55.9 Å². The van der Waals surface area contributed by atoms with Crippen LogP contribution in [0.1, 0.15) is 60.5 Å². The van der Waals surface area contributed by atoms with Crippen LogP contribution in [0.3, 0.4) is 0 Å². The predicted octanol–water partition coefficient (Wildman–Crippen LogP) is 7.16. The van der Waals surface area contributed by atoms with Crippen LogP contribution in [0.25, 0.3) is 0 Å². The lowest BCUT2D eigenvalue weighted by Gasteiger charge is -2.43. The van der Waals surface area contributed by atoms with Gasteiger partial charge in [0.15, 0.2) is 0 Å². The lowest BCUT2D eigenvalue weighted by molar-refractivity contribution is -0.143. The summed E-state index contributed by atoms with van der Waals surface area (Å²) in [6, 6.07) is 1.85. The number of carbonyl (C=O) groups excluding carboxylic acids is 1. The molecule has 0 aliphatic carbocycles. The van der Waals surface area contributed by atoms with Gasteiger partial charge in [0, 0.05) is 12.6 Å². The summed E-state index contributed by atoms with van der Waals surface area (Å²) in [5.41, 5.74) is -4.71. The van der Waals surface area contributed by atoms with Gasteiger partial charge in [-0.1, -0.05) is 12.0 Å². The average Bonchev–Trinajstić information content (AvgIpc) is 3.34. The first-order valence-corrected chi connectivity index (χ1v) is 12.9. The van der Waals surface area contributed by atoms with E-state index in [1.165, 1.54) is 16.8 Å².